The molecule has 1 aromatic rings. The molecule has 132 valence electrons. The van der Waals surface area contributed by atoms with E-state index in [1.54, 1.807) is 0 Å². The molecular formula is C20H30N2O2. The van der Waals surface area contributed by atoms with Crippen molar-refractivity contribution in [2.24, 2.45) is 17.3 Å². The number of hydrogen-bond acceptors (Lipinski definition) is 2. The quantitative estimate of drug-likeness (QED) is 0.686. The highest BCUT2D eigenvalue weighted by molar-refractivity contribution is 5.74. The number of benzene rings is 1. The Bertz CT molecular complexity index is 583. The van der Waals surface area contributed by atoms with Crippen LogP contribution >= 0.6 is 0 Å². The van der Waals surface area contributed by atoms with Crippen LogP contribution in [0.15, 0.2) is 24.3 Å². The van der Waals surface area contributed by atoms with E-state index in [1.165, 1.54) is 17.5 Å². The van der Waals surface area contributed by atoms with Gasteiger partial charge in [-0.3, -0.25) is 0 Å². The predicted molar refractivity (Wildman–Crippen MR) is 96.0 cm³/mol. The van der Waals surface area contributed by atoms with Crippen molar-refractivity contribution in [2.45, 2.75) is 45.4 Å². The smallest absolute Gasteiger partial charge is 0.314 e. The summed E-state index contributed by atoms with van der Waals surface area (Å²) in [6.07, 6.45) is 3.84. The third-order valence-electron chi connectivity index (χ3n) is 6.47. The van der Waals surface area contributed by atoms with Gasteiger partial charge in [-0.15, -0.1) is 0 Å². The van der Waals surface area contributed by atoms with Gasteiger partial charge in [0.15, 0.2) is 0 Å². The highest BCUT2D eigenvalue weighted by atomic mass is 16.3. The molecule has 24 heavy (non-hydrogen) atoms. The fourth-order valence-electron chi connectivity index (χ4n) is 4.48. The highest BCUT2D eigenvalue weighted by Gasteiger charge is 2.55. The Balaban J connectivity index is 1.43. The molecule has 0 radical (unpaired) electrons. The zero-order chi connectivity index (χ0) is 17.2. The molecule has 0 bridgehead atoms. The normalized spacial score (nSPS) is 24.2. The summed E-state index contributed by atoms with van der Waals surface area (Å²) in [6, 6.07) is 8.63. The second kappa shape index (κ2) is 7.14. The summed E-state index contributed by atoms with van der Waals surface area (Å²) in [7, 11) is 0. The van der Waals surface area contributed by atoms with Gasteiger partial charge in [-0.25, -0.2) is 4.79 Å². The molecule has 3 atom stereocenters. The lowest BCUT2D eigenvalue weighted by Crippen LogP contribution is -2.43. The Kier molecular flexibility index (Phi) is 5.14. The lowest BCUT2D eigenvalue weighted by Gasteiger charge is -2.31. The molecule has 3 unspecified atom stereocenters. The molecule has 1 saturated carbocycles. The van der Waals surface area contributed by atoms with E-state index in [9.17, 15) is 9.90 Å². The number of amides is 2. The van der Waals surface area contributed by atoms with E-state index in [1.807, 2.05) is 0 Å². The number of fused-ring (bicyclic) bond motifs is 3. The second-order valence-corrected chi connectivity index (χ2v) is 7.50. The minimum absolute atomic E-state index is 0.0150. The van der Waals surface area contributed by atoms with Gasteiger partial charge < -0.3 is 15.7 Å². The maximum Gasteiger partial charge on any atom is 0.314 e. The predicted octanol–water partition coefficient (Wildman–Crippen LogP) is 3.06. The average molecular weight is 330 g/mol. The van der Waals surface area contributed by atoms with Crippen LogP contribution in [0.25, 0.3) is 0 Å². The van der Waals surface area contributed by atoms with E-state index in [0.717, 1.165) is 31.7 Å². The van der Waals surface area contributed by atoms with Crippen LogP contribution in [0.3, 0.4) is 0 Å². The molecule has 2 aliphatic carbocycles. The number of rotatable bonds is 8. The lowest BCUT2D eigenvalue weighted by molar-refractivity contribution is 0.163. The zero-order valence-corrected chi connectivity index (χ0v) is 14.8. The first kappa shape index (κ1) is 17.3. The minimum Gasteiger partial charge on any atom is -0.396 e. The zero-order valence-electron chi connectivity index (χ0n) is 14.8. The molecule has 3 N–H and O–H groups in total. The van der Waals surface area contributed by atoms with Gasteiger partial charge in [-0.1, -0.05) is 38.1 Å². The van der Waals surface area contributed by atoms with Gasteiger partial charge in [0.25, 0.3) is 0 Å². The van der Waals surface area contributed by atoms with Crippen LogP contribution in [0, 0.1) is 17.3 Å². The summed E-state index contributed by atoms with van der Waals surface area (Å²) < 4.78 is 0. The Hall–Kier alpha value is -1.55. The van der Waals surface area contributed by atoms with Crippen LogP contribution in [0.2, 0.25) is 0 Å². The van der Waals surface area contributed by atoms with E-state index in [-0.39, 0.29) is 18.1 Å². The third-order valence-corrected chi connectivity index (χ3v) is 6.47. The number of urea groups is 1. The first-order valence-corrected chi connectivity index (χ1v) is 9.34. The second-order valence-electron chi connectivity index (χ2n) is 7.50. The topological polar surface area (TPSA) is 61.4 Å². The molecule has 1 fully saturated rings. The van der Waals surface area contributed by atoms with Gasteiger partial charge in [0, 0.05) is 19.7 Å². The molecule has 0 heterocycles. The molecule has 0 aromatic heterocycles. The fourth-order valence-corrected chi connectivity index (χ4v) is 4.48. The number of aliphatic hydroxyl groups excluding tert-OH is 1. The Morgan fingerprint density at radius 3 is 2.71 bits per heavy atom. The molecule has 2 aliphatic rings. The molecule has 0 aliphatic heterocycles. The Morgan fingerprint density at radius 1 is 1.25 bits per heavy atom. The van der Waals surface area contributed by atoms with Crippen LogP contribution in [-0.4, -0.2) is 30.8 Å². The Labute approximate surface area is 145 Å². The molecular weight excluding hydrogens is 300 g/mol. The third kappa shape index (κ3) is 3.30. The van der Waals surface area contributed by atoms with Crippen LogP contribution in [-0.2, 0) is 6.42 Å². The van der Waals surface area contributed by atoms with Crippen molar-refractivity contribution in [3.05, 3.63) is 35.4 Å². The van der Waals surface area contributed by atoms with Crippen molar-refractivity contribution in [2.75, 3.05) is 19.7 Å². The number of hydrogen-bond donors (Lipinski definition) is 3. The van der Waals surface area contributed by atoms with Crippen LogP contribution in [0.5, 0.6) is 0 Å². The van der Waals surface area contributed by atoms with Crippen molar-refractivity contribution in [1.82, 2.24) is 10.6 Å². The summed E-state index contributed by atoms with van der Waals surface area (Å²) >= 11 is 0. The van der Waals surface area contributed by atoms with E-state index in [2.05, 4.69) is 48.7 Å². The first-order chi connectivity index (χ1) is 11.6. The van der Waals surface area contributed by atoms with Crippen molar-refractivity contribution >= 4 is 6.03 Å². The molecule has 3 rings (SSSR count). The largest absolute Gasteiger partial charge is 0.396 e. The van der Waals surface area contributed by atoms with Gasteiger partial charge in [0.05, 0.1) is 0 Å². The standard InChI is InChI=1S/C20H30N2O2/c1-3-20(4-2,9-10-23)13-22-19(24)21-12-17-16-11-14-7-5-6-8-15(14)18(16)17/h5-8,16-18,23H,3-4,9-13H2,1-2H3,(H2,21,22,24). The molecule has 4 heteroatoms. The van der Waals surface area contributed by atoms with E-state index in [4.69, 9.17) is 0 Å². The summed E-state index contributed by atoms with van der Waals surface area (Å²) in [5.74, 6) is 1.98. The molecule has 4 nitrogen and oxygen atoms in total. The monoisotopic (exact) mass is 330 g/mol. The van der Waals surface area contributed by atoms with E-state index >= 15 is 0 Å². The van der Waals surface area contributed by atoms with Crippen LogP contribution < -0.4 is 10.6 Å². The minimum atomic E-state index is -0.0718. The van der Waals surface area contributed by atoms with Crippen molar-refractivity contribution < 1.29 is 9.90 Å². The summed E-state index contributed by atoms with van der Waals surface area (Å²) in [6.45, 7) is 5.83. The molecule has 1 aromatic carbocycles. The summed E-state index contributed by atoms with van der Waals surface area (Å²) in [5.41, 5.74) is 3.00. The number of carbonyl (C=O) groups excluding carboxylic acids is 1. The summed E-state index contributed by atoms with van der Waals surface area (Å²) in [5, 5.41) is 15.3. The fraction of sp³-hybridized carbons (Fsp3) is 0.650. The van der Waals surface area contributed by atoms with Gasteiger partial charge in [0.1, 0.15) is 0 Å². The van der Waals surface area contributed by atoms with Crippen molar-refractivity contribution in [1.29, 1.82) is 0 Å². The maximum atomic E-state index is 12.1. The van der Waals surface area contributed by atoms with Gasteiger partial charge in [-0.05, 0) is 60.0 Å². The van der Waals surface area contributed by atoms with Gasteiger partial charge in [0.2, 0.25) is 0 Å². The Morgan fingerprint density at radius 2 is 2.00 bits per heavy atom. The van der Waals surface area contributed by atoms with Crippen LogP contribution in [0.1, 0.15) is 50.2 Å². The van der Waals surface area contributed by atoms with Crippen molar-refractivity contribution in [3.8, 4) is 0 Å². The number of nitrogens with one attached hydrogen (secondary N) is 2. The highest BCUT2D eigenvalue weighted by Crippen LogP contribution is 2.60. The first-order valence-electron chi connectivity index (χ1n) is 9.34. The van der Waals surface area contributed by atoms with Crippen LogP contribution in [0.4, 0.5) is 4.79 Å². The number of carbonyl (C=O) groups is 1. The SMILES string of the molecule is CCC(CC)(CCO)CNC(=O)NCC1C2Cc3ccccc3C12. The molecule has 2 amide bonds. The molecule has 0 saturated heterocycles. The summed E-state index contributed by atoms with van der Waals surface area (Å²) in [4.78, 5) is 12.1. The lowest BCUT2D eigenvalue weighted by atomic mass is 9.79. The maximum absolute atomic E-state index is 12.1. The van der Waals surface area contributed by atoms with E-state index in [0.29, 0.717) is 18.4 Å². The number of aliphatic hydroxyl groups is 1. The molecule has 0 spiro atoms. The average Bonchev–Trinajstić information content (AvgIpc) is 3.15. The van der Waals surface area contributed by atoms with Crippen molar-refractivity contribution in [3.63, 3.8) is 0 Å². The van der Waals surface area contributed by atoms with Gasteiger partial charge >= 0.3 is 6.03 Å². The van der Waals surface area contributed by atoms with Gasteiger partial charge in [-0.2, -0.15) is 0 Å². The van der Waals surface area contributed by atoms with E-state index < -0.39 is 0 Å².